The molecule has 6 heteroatoms. The first-order valence-electron chi connectivity index (χ1n) is 5.35. The first-order chi connectivity index (χ1) is 8.16. The number of nitro groups is 1. The van der Waals surface area contributed by atoms with Gasteiger partial charge >= 0.3 is 0 Å². The Kier molecular flexibility index (Phi) is 3.81. The average Bonchev–Trinajstić information content (AvgIpc) is 2.30. The molecule has 1 fully saturated rings. The van der Waals surface area contributed by atoms with Gasteiger partial charge in [-0.25, -0.2) is 0 Å². The largest absolute Gasteiger partial charge is 0.488 e. The number of halogens is 1. The van der Waals surface area contributed by atoms with E-state index in [1.54, 1.807) is 6.07 Å². The quantitative estimate of drug-likeness (QED) is 0.617. The van der Waals surface area contributed by atoms with E-state index in [-0.39, 0.29) is 16.8 Å². The molecule has 2 rings (SSSR count). The van der Waals surface area contributed by atoms with E-state index in [0.717, 1.165) is 19.4 Å². The van der Waals surface area contributed by atoms with Crippen LogP contribution in [0.2, 0.25) is 5.02 Å². The zero-order chi connectivity index (χ0) is 12.3. The topological polar surface area (TPSA) is 61.6 Å². The number of ether oxygens (including phenoxy) is 2. The van der Waals surface area contributed by atoms with Crippen molar-refractivity contribution in [3.8, 4) is 5.75 Å². The fourth-order valence-electron chi connectivity index (χ4n) is 1.71. The van der Waals surface area contributed by atoms with Crippen molar-refractivity contribution in [1.82, 2.24) is 0 Å². The smallest absolute Gasteiger partial charge is 0.288 e. The van der Waals surface area contributed by atoms with Crippen LogP contribution in [0.5, 0.6) is 5.75 Å². The molecule has 1 aliphatic rings. The van der Waals surface area contributed by atoms with Gasteiger partial charge in [0, 0.05) is 18.7 Å². The number of nitrogens with zero attached hydrogens (tertiary/aromatic N) is 1. The van der Waals surface area contributed by atoms with Crippen LogP contribution in [0.15, 0.2) is 18.2 Å². The summed E-state index contributed by atoms with van der Waals surface area (Å²) in [5.74, 6) is 0.538. The van der Waals surface area contributed by atoms with E-state index in [4.69, 9.17) is 21.1 Å². The van der Waals surface area contributed by atoms with Crippen LogP contribution in [0, 0.1) is 10.1 Å². The molecule has 1 unspecified atom stereocenters. The SMILES string of the molecule is O=[N+]([O-])c1ccc(OC2CCCOC2)cc1Cl. The Morgan fingerprint density at radius 3 is 2.94 bits per heavy atom. The van der Waals surface area contributed by atoms with Gasteiger partial charge in [0.25, 0.3) is 5.69 Å². The minimum atomic E-state index is -0.518. The van der Waals surface area contributed by atoms with E-state index < -0.39 is 4.92 Å². The number of hydrogen-bond acceptors (Lipinski definition) is 4. The Balaban J connectivity index is 2.06. The van der Waals surface area contributed by atoms with Gasteiger partial charge in [-0.05, 0) is 18.9 Å². The Morgan fingerprint density at radius 2 is 2.35 bits per heavy atom. The molecule has 1 aromatic rings. The lowest BCUT2D eigenvalue weighted by Gasteiger charge is -2.23. The predicted molar refractivity (Wildman–Crippen MR) is 62.6 cm³/mol. The maximum absolute atomic E-state index is 10.6. The highest BCUT2D eigenvalue weighted by Crippen LogP contribution is 2.29. The van der Waals surface area contributed by atoms with Crippen molar-refractivity contribution in [3.05, 3.63) is 33.3 Å². The molecular formula is C11H12ClNO4. The van der Waals surface area contributed by atoms with Gasteiger partial charge in [0.15, 0.2) is 0 Å². The molecule has 1 atom stereocenters. The molecule has 92 valence electrons. The highest BCUT2D eigenvalue weighted by atomic mass is 35.5. The summed E-state index contributed by atoms with van der Waals surface area (Å²) < 4.78 is 10.9. The van der Waals surface area contributed by atoms with E-state index in [2.05, 4.69) is 0 Å². The lowest BCUT2D eigenvalue weighted by molar-refractivity contribution is -0.384. The Labute approximate surface area is 103 Å². The third kappa shape index (κ3) is 3.08. The second kappa shape index (κ2) is 5.33. The van der Waals surface area contributed by atoms with Gasteiger partial charge < -0.3 is 9.47 Å². The fourth-order valence-corrected chi connectivity index (χ4v) is 1.95. The monoisotopic (exact) mass is 257 g/mol. The first-order valence-corrected chi connectivity index (χ1v) is 5.73. The van der Waals surface area contributed by atoms with Crippen molar-refractivity contribution in [2.24, 2.45) is 0 Å². The van der Waals surface area contributed by atoms with Crippen molar-refractivity contribution < 1.29 is 14.4 Å². The standard InChI is InChI=1S/C11H12ClNO4/c12-10-6-8(3-4-11(10)13(14)15)17-9-2-1-5-16-7-9/h3-4,6,9H,1-2,5,7H2. The first kappa shape index (κ1) is 12.1. The molecule has 0 aliphatic carbocycles. The van der Waals surface area contributed by atoms with E-state index in [9.17, 15) is 10.1 Å². The Hall–Kier alpha value is -1.33. The van der Waals surface area contributed by atoms with Crippen molar-refractivity contribution in [3.63, 3.8) is 0 Å². The van der Waals surface area contributed by atoms with Gasteiger partial charge in [0.2, 0.25) is 0 Å². The van der Waals surface area contributed by atoms with Crippen LogP contribution in [-0.2, 0) is 4.74 Å². The van der Waals surface area contributed by atoms with Crippen LogP contribution in [0.4, 0.5) is 5.69 Å². The molecule has 0 saturated carbocycles. The molecule has 0 N–H and O–H groups in total. The van der Waals surface area contributed by atoms with Crippen molar-refractivity contribution in [2.45, 2.75) is 18.9 Å². The summed E-state index contributed by atoms with van der Waals surface area (Å²) in [5.41, 5.74) is -0.112. The summed E-state index contributed by atoms with van der Waals surface area (Å²) in [6.07, 6.45) is 1.89. The van der Waals surface area contributed by atoms with Crippen LogP contribution >= 0.6 is 11.6 Å². The van der Waals surface area contributed by atoms with E-state index >= 15 is 0 Å². The summed E-state index contributed by atoms with van der Waals surface area (Å²) >= 11 is 5.79. The minimum Gasteiger partial charge on any atom is -0.488 e. The highest BCUT2D eigenvalue weighted by Gasteiger charge is 2.17. The summed E-state index contributed by atoms with van der Waals surface area (Å²) in [5, 5.41) is 10.7. The Bertz CT molecular complexity index is 418. The third-order valence-corrected chi connectivity index (χ3v) is 2.84. The molecule has 1 aliphatic heterocycles. The second-order valence-electron chi connectivity index (χ2n) is 3.83. The van der Waals surface area contributed by atoms with Crippen molar-refractivity contribution in [1.29, 1.82) is 0 Å². The fraction of sp³-hybridized carbons (Fsp3) is 0.455. The van der Waals surface area contributed by atoms with Gasteiger partial charge in [0.1, 0.15) is 16.9 Å². The van der Waals surface area contributed by atoms with E-state index in [1.165, 1.54) is 12.1 Å². The third-order valence-electron chi connectivity index (χ3n) is 2.54. The lowest BCUT2D eigenvalue weighted by Crippen LogP contribution is -2.27. The molecule has 1 heterocycles. The lowest BCUT2D eigenvalue weighted by atomic mass is 10.2. The van der Waals surface area contributed by atoms with E-state index in [1.807, 2.05) is 0 Å². The molecule has 0 bridgehead atoms. The number of hydrogen-bond donors (Lipinski definition) is 0. The maximum Gasteiger partial charge on any atom is 0.288 e. The van der Waals surface area contributed by atoms with Crippen LogP contribution in [0.25, 0.3) is 0 Å². The summed E-state index contributed by atoms with van der Waals surface area (Å²) in [6.45, 7) is 1.31. The van der Waals surface area contributed by atoms with Crippen LogP contribution in [0.3, 0.4) is 0 Å². The second-order valence-corrected chi connectivity index (χ2v) is 4.23. The molecule has 0 spiro atoms. The highest BCUT2D eigenvalue weighted by molar-refractivity contribution is 6.32. The number of benzene rings is 1. The molecule has 5 nitrogen and oxygen atoms in total. The molecule has 0 aromatic heterocycles. The zero-order valence-corrected chi connectivity index (χ0v) is 9.85. The van der Waals surface area contributed by atoms with Gasteiger partial charge in [-0.15, -0.1) is 0 Å². The normalized spacial score (nSPS) is 19.9. The summed E-state index contributed by atoms with van der Waals surface area (Å²) in [7, 11) is 0. The van der Waals surface area contributed by atoms with Crippen LogP contribution in [-0.4, -0.2) is 24.2 Å². The molecule has 0 amide bonds. The van der Waals surface area contributed by atoms with Gasteiger partial charge in [-0.3, -0.25) is 10.1 Å². The predicted octanol–water partition coefficient (Wildman–Crippen LogP) is 2.81. The van der Waals surface area contributed by atoms with Crippen LogP contribution < -0.4 is 4.74 Å². The van der Waals surface area contributed by atoms with Gasteiger partial charge in [-0.2, -0.15) is 0 Å². The molecule has 1 aromatic carbocycles. The zero-order valence-electron chi connectivity index (χ0n) is 9.10. The average molecular weight is 258 g/mol. The Morgan fingerprint density at radius 1 is 1.53 bits per heavy atom. The van der Waals surface area contributed by atoms with Crippen molar-refractivity contribution >= 4 is 17.3 Å². The van der Waals surface area contributed by atoms with Gasteiger partial charge in [-0.1, -0.05) is 11.6 Å². The molecule has 17 heavy (non-hydrogen) atoms. The van der Waals surface area contributed by atoms with Crippen molar-refractivity contribution in [2.75, 3.05) is 13.2 Å². The number of nitro benzene ring substituents is 1. The number of rotatable bonds is 3. The van der Waals surface area contributed by atoms with E-state index in [0.29, 0.717) is 12.4 Å². The molecule has 1 saturated heterocycles. The molecular weight excluding hydrogens is 246 g/mol. The maximum atomic E-state index is 10.6. The van der Waals surface area contributed by atoms with Gasteiger partial charge in [0.05, 0.1) is 11.5 Å². The summed E-state index contributed by atoms with van der Waals surface area (Å²) in [4.78, 5) is 10.1. The summed E-state index contributed by atoms with van der Waals surface area (Å²) in [6, 6.07) is 4.37. The molecule has 0 radical (unpaired) electrons. The van der Waals surface area contributed by atoms with Crippen LogP contribution in [0.1, 0.15) is 12.8 Å². The minimum absolute atomic E-state index is 0.00118.